The fourth-order valence-electron chi connectivity index (χ4n) is 1.89. The van der Waals surface area contributed by atoms with Gasteiger partial charge in [-0.25, -0.2) is 0 Å². The average molecular weight is 216 g/mol. The Kier molecular flexibility index (Phi) is 6.22. The van der Waals surface area contributed by atoms with Crippen molar-refractivity contribution in [3.8, 4) is 0 Å². The Morgan fingerprint density at radius 1 is 1.27 bits per heavy atom. The molecular weight excluding hydrogens is 192 g/mol. The fourth-order valence-corrected chi connectivity index (χ4v) is 1.89. The highest BCUT2D eigenvalue weighted by Crippen LogP contribution is 2.22. The largest absolute Gasteiger partial charge is 0.393 e. The molecule has 0 aromatic heterocycles. The Morgan fingerprint density at radius 3 is 2.53 bits per heavy atom. The summed E-state index contributed by atoms with van der Waals surface area (Å²) in [5, 5.41) is 9.35. The van der Waals surface area contributed by atoms with E-state index in [0.717, 1.165) is 45.1 Å². The summed E-state index contributed by atoms with van der Waals surface area (Å²) in [4.78, 5) is 0. The summed E-state index contributed by atoms with van der Waals surface area (Å²) in [5.74, 6) is 0. The molecule has 1 aliphatic carbocycles. The minimum atomic E-state index is -0.110. The van der Waals surface area contributed by atoms with Crippen molar-refractivity contribution >= 4 is 0 Å². The summed E-state index contributed by atoms with van der Waals surface area (Å²) in [6, 6.07) is 0. The van der Waals surface area contributed by atoms with Crippen LogP contribution in [0.2, 0.25) is 0 Å². The van der Waals surface area contributed by atoms with Gasteiger partial charge in [0, 0.05) is 6.61 Å². The van der Waals surface area contributed by atoms with Gasteiger partial charge in [0.25, 0.3) is 0 Å². The molecule has 90 valence electrons. The first-order valence-electron chi connectivity index (χ1n) is 6.17. The Labute approximate surface area is 92.8 Å². The van der Waals surface area contributed by atoms with Crippen LogP contribution in [0.15, 0.2) is 0 Å². The molecule has 1 unspecified atom stereocenters. The quantitative estimate of drug-likeness (QED) is 0.547. The van der Waals surface area contributed by atoms with Crippen LogP contribution in [0.4, 0.5) is 0 Å². The minimum absolute atomic E-state index is 0.100. The summed E-state index contributed by atoms with van der Waals surface area (Å²) < 4.78 is 11.3. The standard InChI is InChI=1S/C12H24O3/c1-3-4-9-14-10(2)15-12-7-5-11(13)6-8-12/h10-13H,3-9H2,1-2H3. The first-order chi connectivity index (χ1) is 7.22. The third-order valence-electron chi connectivity index (χ3n) is 2.88. The van der Waals surface area contributed by atoms with Crippen molar-refractivity contribution in [2.24, 2.45) is 0 Å². The third kappa shape index (κ3) is 5.50. The second-order valence-electron chi connectivity index (χ2n) is 4.36. The van der Waals surface area contributed by atoms with Gasteiger partial charge in [-0.05, 0) is 39.0 Å². The maximum atomic E-state index is 9.35. The molecule has 0 aliphatic heterocycles. The van der Waals surface area contributed by atoms with Crippen LogP contribution in [0.25, 0.3) is 0 Å². The van der Waals surface area contributed by atoms with Crippen molar-refractivity contribution in [3.05, 3.63) is 0 Å². The molecule has 0 spiro atoms. The van der Waals surface area contributed by atoms with Crippen molar-refractivity contribution in [3.63, 3.8) is 0 Å². The van der Waals surface area contributed by atoms with Crippen molar-refractivity contribution in [2.75, 3.05) is 6.61 Å². The molecule has 1 saturated carbocycles. The van der Waals surface area contributed by atoms with Crippen molar-refractivity contribution < 1.29 is 14.6 Å². The summed E-state index contributed by atoms with van der Waals surface area (Å²) in [6.07, 6.45) is 5.98. The lowest BCUT2D eigenvalue weighted by Crippen LogP contribution is -2.28. The zero-order valence-corrected chi connectivity index (χ0v) is 9.95. The molecule has 1 aliphatic rings. The summed E-state index contributed by atoms with van der Waals surface area (Å²) in [6.45, 7) is 4.89. The van der Waals surface area contributed by atoms with E-state index >= 15 is 0 Å². The summed E-state index contributed by atoms with van der Waals surface area (Å²) in [5.41, 5.74) is 0. The molecule has 0 heterocycles. The zero-order chi connectivity index (χ0) is 11.1. The topological polar surface area (TPSA) is 38.7 Å². The van der Waals surface area contributed by atoms with Gasteiger partial charge < -0.3 is 14.6 Å². The van der Waals surface area contributed by atoms with E-state index in [0.29, 0.717) is 0 Å². The molecule has 0 amide bonds. The van der Waals surface area contributed by atoms with Crippen LogP contribution < -0.4 is 0 Å². The maximum absolute atomic E-state index is 9.35. The normalized spacial score (nSPS) is 29.0. The highest BCUT2D eigenvalue weighted by molar-refractivity contribution is 4.71. The van der Waals surface area contributed by atoms with Crippen LogP contribution in [0.1, 0.15) is 52.4 Å². The lowest BCUT2D eigenvalue weighted by molar-refractivity contribution is -0.170. The van der Waals surface area contributed by atoms with Gasteiger partial charge in [-0.15, -0.1) is 0 Å². The molecule has 0 saturated heterocycles. The van der Waals surface area contributed by atoms with E-state index in [-0.39, 0.29) is 18.5 Å². The molecular formula is C12H24O3. The average Bonchev–Trinajstić information content (AvgIpc) is 2.22. The second kappa shape index (κ2) is 7.20. The van der Waals surface area contributed by atoms with Gasteiger partial charge in [-0.3, -0.25) is 0 Å². The predicted octanol–water partition coefficient (Wildman–Crippen LogP) is 2.47. The second-order valence-corrected chi connectivity index (χ2v) is 4.36. The minimum Gasteiger partial charge on any atom is -0.393 e. The van der Waals surface area contributed by atoms with Crippen LogP contribution in [0.5, 0.6) is 0 Å². The van der Waals surface area contributed by atoms with Crippen molar-refractivity contribution in [1.29, 1.82) is 0 Å². The van der Waals surface area contributed by atoms with E-state index in [1.54, 1.807) is 0 Å². The molecule has 0 aromatic carbocycles. The summed E-state index contributed by atoms with van der Waals surface area (Å²) in [7, 11) is 0. The molecule has 3 heteroatoms. The number of unbranched alkanes of at least 4 members (excludes halogenated alkanes) is 1. The smallest absolute Gasteiger partial charge is 0.155 e. The SMILES string of the molecule is CCCCOC(C)OC1CCC(O)CC1. The van der Waals surface area contributed by atoms with E-state index in [1.807, 2.05) is 6.92 Å². The number of hydrogen-bond donors (Lipinski definition) is 1. The summed E-state index contributed by atoms with van der Waals surface area (Å²) >= 11 is 0. The van der Waals surface area contributed by atoms with Gasteiger partial charge in [0.15, 0.2) is 6.29 Å². The van der Waals surface area contributed by atoms with Crippen LogP contribution in [0, 0.1) is 0 Å². The molecule has 0 radical (unpaired) electrons. The Balaban J connectivity index is 2.06. The first kappa shape index (κ1) is 12.9. The van der Waals surface area contributed by atoms with E-state index in [1.165, 1.54) is 0 Å². The van der Waals surface area contributed by atoms with E-state index < -0.39 is 0 Å². The fraction of sp³-hybridized carbons (Fsp3) is 1.00. The number of aliphatic hydroxyl groups is 1. The molecule has 1 fully saturated rings. The highest BCUT2D eigenvalue weighted by atomic mass is 16.7. The van der Waals surface area contributed by atoms with Gasteiger partial charge >= 0.3 is 0 Å². The first-order valence-corrected chi connectivity index (χ1v) is 6.17. The van der Waals surface area contributed by atoms with Crippen LogP contribution in [-0.2, 0) is 9.47 Å². The van der Waals surface area contributed by atoms with Crippen molar-refractivity contribution in [1.82, 2.24) is 0 Å². The predicted molar refractivity (Wildman–Crippen MR) is 59.7 cm³/mol. The molecule has 1 N–H and O–H groups in total. The molecule has 15 heavy (non-hydrogen) atoms. The van der Waals surface area contributed by atoms with Gasteiger partial charge in [0.2, 0.25) is 0 Å². The van der Waals surface area contributed by atoms with Crippen LogP contribution >= 0.6 is 0 Å². The van der Waals surface area contributed by atoms with Gasteiger partial charge in [-0.1, -0.05) is 13.3 Å². The van der Waals surface area contributed by atoms with E-state index in [9.17, 15) is 5.11 Å². The molecule has 3 nitrogen and oxygen atoms in total. The zero-order valence-electron chi connectivity index (χ0n) is 9.95. The molecule has 0 aromatic rings. The maximum Gasteiger partial charge on any atom is 0.155 e. The molecule has 1 atom stereocenters. The lowest BCUT2D eigenvalue weighted by atomic mass is 9.95. The molecule has 0 bridgehead atoms. The van der Waals surface area contributed by atoms with E-state index in [4.69, 9.17) is 9.47 Å². The Bertz CT molecular complexity index is 153. The number of hydrogen-bond acceptors (Lipinski definition) is 3. The molecule has 1 rings (SSSR count). The number of aliphatic hydroxyl groups excluding tert-OH is 1. The van der Waals surface area contributed by atoms with Crippen LogP contribution in [-0.4, -0.2) is 30.2 Å². The number of ether oxygens (including phenoxy) is 2. The Hall–Kier alpha value is -0.120. The van der Waals surface area contributed by atoms with Gasteiger partial charge in [0.05, 0.1) is 12.2 Å². The van der Waals surface area contributed by atoms with Crippen LogP contribution in [0.3, 0.4) is 0 Å². The third-order valence-corrected chi connectivity index (χ3v) is 2.88. The highest BCUT2D eigenvalue weighted by Gasteiger charge is 2.21. The van der Waals surface area contributed by atoms with Crippen molar-refractivity contribution in [2.45, 2.75) is 70.9 Å². The van der Waals surface area contributed by atoms with E-state index in [2.05, 4.69) is 6.92 Å². The lowest BCUT2D eigenvalue weighted by Gasteiger charge is -2.28. The monoisotopic (exact) mass is 216 g/mol. The van der Waals surface area contributed by atoms with Gasteiger partial charge in [-0.2, -0.15) is 0 Å². The Morgan fingerprint density at radius 2 is 1.93 bits per heavy atom. The van der Waals surface area contributed by atoms with Gasteiger partial charge in [0.1, 0.15) is 0 Å². The number of rotatable bonds is 6.